The fraction of sp³-hybridized carbons (Fsp3) is 0.182. The van der Waals surface area contributed by atoms with Gasteiger partial charge in [-0.15, -0.1) is 0 Å². The minimum absolute atomic E-state index is 0.305. The fourth-order valence-electron chi connectivity index (χ4n) is 1.51. The number of sulfone groups is 1. The van der Waals surface area contributed by atoms with Crippen molar-refractivity contribution in [3.8, 4) is 0 Å². The summed E-state index contributed by atoms with van der Waals surface area (Å²) in [5.41, 5.74) is 1.50. The van der Waals surface area contributed by atoms with Gasteiger partial charge in [-0.1, -0.05) is 12.1 Å². The van der Waals surface area contributed by atoms with Gasteiger partial charge in [-0.2, -0.15) is 5.10 Å². The first kappa shape index (κ1) is 11.7. The Hall–Kier alpha value is -1.82. The SMILES string of the molecule is CS(=O)(=O)c1ccccc1NCc1ccn[nH]1. The molecule has 0 aliphatic carbocycles. The van der Waals surface area contributed by atoms with E-state index in [2.05, 4.69) is 15.5 Å². The summed E-state index contributed by atoms with van der Waals surface area (Å²) in [7, 11) is -3.21. The topological polar surface area (TPSA) is 74.8 Å². The van der Waals surface area contributed by atoms with E-state index >= 15 is 0 Å². The molecule has 1 aromatic carbocycles. The normalized spacial score (nSPS) is 11.4. The standard InChI is InChI=1S/C11H13N3O2S/c1-17(15,16)11-5-3-2-4-10(11)12-8-9-6-7-13-14-9/h2-7,12H,8H2,1H3,(H,13,14). The van der Waals surface area contributed by atoms with E-state index in [9.17, 15) is 8.42 Å². The number of hydrogen-bond donors (Lipinski definition) is 2. The Morgan fingerprint density at radius 3 is 2.71 bits per heavy atom. The van der Waals surface area contributed by atoms with Gasteiger partial charge in [0.1, 0.15) is 0 Å². The predicted octanol–water partition coefficient (Wildman–Crippen LogP) is 1.43. The van der Waals surface area contributed by atoms with Crippen LogP contribution in [0.4, 0.5) is 5.69 Å². The lowest BCUT2D eigenvalue weighted by Gasteiger charge is -2.09. The molecule has 2 aromatic rings. The molecule has 0 aliphatic rings. The van der Waals surface area contributed by atoms with Crippen molar-refractivity contribution in [3.05, 3.63) is 42.2 Å². The van der Waals surface area contributed by atoms with Crippen molar-refractivity contribution in [1.29, 1.82) is 0 Å². The van der Waals surface area contributed by atoms with E-state index < -0.39 is 9.84 Å². The molecule has 0 bridgehead atoms. The fourth-order valence-corrected chi connectivity index (χ4v) is 2.38. The number of aromatic nitrogens is 2. The monoisotopic (exact) mass is 251 g/mol. The molecule has 0 spiro atoms. The smallest absolute Gasteiger partial charge is 0.177 e. The summed E-state index contributed by atoms with van der Waals surface area (Å²) in [5.74, 6) is 0. The molecule has 0 radical (unpaired) electrons. The Morgan fingerprint density at radius 1 is 1.29 bits per heavy atom. The molecule has 5 nitrogen and oxygen atoms in total. The summed E-state index contributed by atoms with van der Waals surface area (Å²) < 4.78 is 23.1. The van der Waals surface area contributed by atoms with Crippen molar-refractivity contribution in [2.24, 2.45) is 0 Å². The maximum Gasteiger partial charge on any atom is 0.177 e. The van der Waals surface area contributed by atoms with Crippen LogP contribution in [0, 0.1) is 0 Å². The molecule has 1 heterocycles. The van der Waals surface area contributed by atoms with Gasteiger partial charge < -0.3 is 5.32 Å². The van der Waals surface area contributed by atoms with Crippen molar-refractivity contribution in [3.63, 3.8) is 0 Å². The van der Waals surface area contributed by atoms with E-state index in [-0.39, 0.29) is 0 Å². The van der Waals surface area contributed by atoms with Crippen LogP contribution in [0.15, 0.2) is 41.4 Å². The molecule has 1 aromatic heterocycles. The summed E-state index contributed by atoms with van der Waals surface area (Å²) >= 11 is 0. The molecular weight excluding hydrogens is 238 g/mol. The number of benzene rings is 1. The lowest BCUT2D eigenvalue weighted by atomic mass is 10.3. The zero-order chi connectivity index (χ0) is 12.3. The first-order valence-corrected chi connectivity index (χ1v) is 6.98. The van der Waals surface area contributed by atoms with Crippen LogP contribution in [-0.2, 0) is 16.4 Å². The highest BCUT2D eigenvalue weighted by Crippen LogP contribution is 2.20. The Labute approximate surface area is 99.8 Å². The minimum Gasteiger partial charge on any atom is -0.378 e. The minimum atomic E-state index is -3.21. The number of para-hydroxylation sites is 1. The van der Waals surface area contributed by atoms with Gasteiger partial charge in [0, 0.05) is 12.5 Å². The number of hydrogen-bond acceptors (Lipinski definition) is 4. The lowest BCUT2D eigenvalue weighted by Crippen LogP contribution is -2.06. The number of nitrogens with one attached hydrogen (secondary N) is 2. The first-order chi connectivity index (χ1) is 8.07. The average Bonchev–Trinajstić information content (AvgIpc) is 2.78. The van der Waals surface area contributed by atoms with Crippen molar-refractivity contribution < 1.29 is 8.42 Å². The number of rotatable bonds is 4. The highest BCUT2D eigenvalue weighted by Gasteiger charge is 2.11. The molecule has 0 saturated carbocycles. The van der Waals surface area contributed by atoms with Crippen LogP contribution >= 0.6 is 0 Å². The molecule has 0 amide bonds. The van der Waals surface area contributed by atoms with Crippen LogP contribution in [0.3, 0.4) is 0 Å². The quantitative estimate of drug-likeness (QED) is 0.862. The molecule has 0 unspecified atom stereocenters. The van der Waals surface area contributed by atoms with Gasteiger partial charge in [-0.25, -0.2) is 8.42 Å². The second-order valence-electron chi connectivity index (χ2n) is 3.70. The zero-order valence-electron chi connectivity index (χ0n) is 9.34. The number of anilines is 1. The molecule has 0 saturated heterocycles. The number of nitrogens with zero attached hydrogens (tertiary/aromatic N) is 1. The van der Waals surface area contributed by atoms with Crippen LogP contribution in [0.1, 0.15) is 5.69 Å². The molecule has 6 heteroatoms. The van der Waals surface area contributed by atoms with Crippen LogP contribution in [-0.4, -0.2) is 24.9 Å². The summed E-state index contributed by atoms with van der Waals surface area (Å²) in [6, 6.07) is 8.66. The third kappa shape index (κ3) is 2.85. The molecular formula is C11H13N3O2S. The van der Waals surface area contributed by atoms with Crippen LogP contribution in [0.2, 0.25) is 0 Å². The Kier molecular flexibility index (Phi) is 3.14. The molecule has 0 fully saturated rings. The summed E-state index contributed by atoms with van der Waals surface area (Å²) in [5, 5.41) is 9.70. The third-order valence-corrected chi connectivity index (χ3v) is 3.47. The lowest BCUT2D eigenvalue weighted by molar-refractivity contribution is 0.602. The summed E-state index contributed by atoms with van der Waals surface area (Å²) in [4.78, 5) is 0.305. The highest BCUT2D eigenvalue weighted by atomic mass is 32.2. The van der Waals surface area contributed by atoms with Gasteiger partial charge in [-0.05, 0) is 18.2 Å². The van der Waals surface area contributed by atoms with Gasteiger partial charge in [0.25, 0.3) is 0 Å². The van der Waals surface area contributed by atoms with Crippen molar-refractivity contribution in [2.75, 3.05) is 11.6 Å². The molecule has 2 N–H and O–H groups in total. The van der Waals surface area contributed by atoms with Gasteiger partial charge in [0.2, 0.25) is 0 Å². The maximum atomic E-state index is 11.6. The second-order valence-corrected chi connectivity index (χ2v) is 5.69. The Morgan fingerprint density at radius 2 is 2.06 bits per heavy atom. The number of H-pyrrole nitrogens is 1. The molecule has 0 aliphatic heterocycles. The van der Waals surface area contributed by atoms with Crippen molar-refractivity contribution in [1.82, 2.24) is 10.2 Å². The summed E-state index contributed by atoms with van der Waals surface area (Å²) in [6.45, 7) is 0.506. The van der Waals surface area contributed by atoms with Crippen LogP contribution in [0.5, 0.6) is 0 Å². The molecule has 2 rings (SSSR count). The first-order valence-electron chi connectivity index (χ1n) is 5.08. The largest absolute Gasteiger partial charge is 0.378 e. The van der Waals surface area contributed by atoms with E-state index in [1.54, 1.807) is 30.5 Å². The molecule has 90 valence electrons. The van der Waals surface area contributed by atoms with Gasteiger partial charge in [0.05, 0.1) is 22.8 Å². The van der Waals surface area contributed by atoms with Gasteiger partial charge >= 0.3 is 0 Å². The van der Waals surface area contributed by atoms with E-state index in [0.717, 1.165) is 5.69 Å². The average molecular weight is 251 g/mol. The highest BCUT2D eigenvalue weighted by molar-refractivity contribution is 7.90. The third-order valence-electron chi connectivity index (χ3n) is 2.31. The van der Waals surface area contributed by atoms with Gasteiger partial charge in [0.15, 0.2) is 9.84 Å². The summed E-state index contributed by atoms with van der Waals surface area (Å²) in [6.07, 6.45) is 2.85. The van der Waals surface area contributed by atoms with Crippen molar-refractivity contribution in [2.45, 2.75) is 11.4 Å². The Balaban J connectivity index is 2.22. The van der Waals surface area contributed by atoms with Crippen molar-refractivity contribution >= 4 is 15.5 Å². The zero-order valence-corrected chi connectivity index (χ0v) is 10.2. The van der Waals surface area contributed by atoms with E-state index in [0.29, 0.717) is 17.1 Å². The van der Waals surface area contributed by atoms with Crippen LogP contribution in [0.25, 0.3) is 0 Å². The van der Waals surface area contributed by atoms with Crippen LogP contribution < -0.4 is 5.32 Å². The molecule has 0 atom stereocenters. The van der Waals surface area contributed by atoms with E-state index in [1.165, 1.54) is 6.26 Å². The van der Waals surface area contributed by atoms with E-state index in [4.69, 9.17) is 0 Å². The predicted molar refractivity (Wildman–Crippen MR) is 65.5 cm³/mol. The molecule has 17 heavy (non-hydrogen) atoms. The second kappa shape index (κ2) is 4.58. The van der Waals surface area contributed by atoms with E-state index in [1.807, 2.05) is 6.07 Å². The maximum absolute atomic E-state index is 11.6. The van der Waals surface area contributed by atoms with Gasteiger partial charge in [-0.3, -0.25) is 5.10 Å². The Bertz CT molecular complexity index is 591. The number of aromatic amines is 1.